The minimum Gasteiger partial charge on any atom is -0.497 e. The van der Waals surface area contributed by atoms with Crippen molar-refractivity contribution in [1.82, 2.24) is 0 Å². The van der Waals surface area contributed by atoms with Gasteiger partial charge >= 0.3 is 0 Å². The molecule has 0 aromatic heterocycles. The monoisotopic (exact) mass is 359 g/mol. The molecule has 0 N–H and O–H groups in total. The summed E-state index contributed by atoms with van der Waals surface area (Å²) in [6, 6.07) is 11.7. The summed E-state index contributed by atoms with van der Waals surface area (Å²) in [7, 11) is 3.31. The maximum Gasteiger partial charge on any atom is 0.127 e. The van der Waals surface area contributed by atoms with E-state index in [1.54, 1.807) is 14.2 Å². The van der Waals surface area contributed by atoms with E-state index in [2.05, 4.69) is 0 Å². The van der Waals surface area contributed by atoms with Crippen LogP contribution in [-0.4, -0.2) is 26.5 Å². The molecule has 0 fully saturated rings. The van der Waals surface area contributed by atoms with Gasteiger partial charge in [0, 0.05) is 34.5 Å². The van der Waals surface area contributed by atoms with Gasteiger partial charge in [-0.05, 0) is 42.7 Å². The van der Waals surface area contributed by atoms with Crippen LogP contribution in [0.25, 0.3) is 0 Å². The van der Waals surface area contributed by atoms with Crippen molar-refractivity contribution in [3.63, 3.8) is 0 Å². The molecule has 2 aromatic rings. The van der Waals surface area contributed by atoms with Gasteiger partial charge in [0.2, 0.25) is 0 Å². The van der Waals surface area contributed by atoms with Crippen LogP contribution < -0.4 is 9.47 Å². The second kappa shape index (κ2) is 8.37. The van der Waals surface area contributed by atoms with Gasteiger partial charge in [-0.1, -0.05) is 17.7 Å². The van der Waals surface area contributed by atoms with Crippen LogP contribution >= 0.6 is 11.6 Å². The number of aliphatic imine (C=N–C) groups is 1. The van der Waals surface area contributed by atoms with E-state index in [4.69, 9.17) is 30.8 Å². The van der Waals surface area contributed by atoms with Crippen LogP contribution in [0.4, 0.5) is 0 Å². The molecule has 0 saturated heterocycles. The Hall–Kier alpha value is -2.04. The first kappa shape index (κ1) is 17.8. The van der Waals surface area contributed by atoms with E-state index in [0.717, 1.165) is 58.4 Å². The predicted octanol–water partition coefficient (Wildman–Crippen LogP) is 4.66. The maximum absolute atomic E-state index is 6.14. The van der Waals surface area contributed by atoms with E-state index in [1.807, 2.05) is 36.4 Å². The zero-order valence-electron chi connectivity index (χ0n) is 14.5. The number of methoxy groups -OCH3 is 2. The third kappa shape index (κ3) is 4.33. The lowest BCUT2D eigenvalue weighted by molar-refractivity contribution is 0.118. The molecule has 2 aromatic carbocycles. The summed E-state index contributed by atoms with van der Waals surface area (Å²) >= 11 is 6.14. The van der Waals surface area contributed by atoms with Gasteiger partial charge in [-0.25, -0.2) is 0 Å². The van der Waals surface area contributed by atoms with Crippen LogP contribution in [0, 0.1) is 0 Å². The highest BCUT2D eigenvalue weighted by atomic mass is 35.5. The molecule has 0 atom stereocenters. The molecule has 0 radical (unpaired) electrons. The molecule has 4 nitrogen and oxygen atoms in total. The zero-order valence-corrected chi connectivity index (χ0v) is 15.3. The summed E-state index contributed by atoms with van der Waals surface area (Å²) in [5.41, 5.74) is 4.33. The van der Waals surface area contributed by atoms with Crippen molar-refractivity contribution < 1.29 is 14.2 Å². The Morgan fingerprint density at radius 1 is 1.12 bits per heavy atom. The largest absolute Gasteiger partial charge is 0.497 e. The molecule has 1 aliphatic rings. The van der Waals surface area contributed by atoms with E-state index in [1.165, 1.54) is 0 Å². The van der Waals surface area contributed by atoms with Crippen LogP contribution in [0.15, 0.2) is 41.4 Å². The lowest BCUT2D eigenvalue weighted by Gasteiger charge is -2.17. The normalized spacial score (nSPS) is 16.0. The number of hydrogen-bond acceptors (Lipinski definition) is 4. The Morgan fingerprint density at radius 3 is 2.80 bits per heavy atom. The summed E-state index contributed by atoms with van der Waals surface area (Å²) < 4.78 is 16.4. The average Bonchev–Trinajstić information content (AvgIpc) is 2.62. The van der Waals surface area contributed by atoms with Crippen molar-refractivity contribution >= 4 is 17.3 Å². The van der Waals surface area contributed by atoms with Gasteiger partial charge in [0.25, 0.3) is 0 Å². The first-order chi connectivity index (χ1) is 12.2. The summed E-state index contributed by atoms with van der Waals surface area (Å²) in [4.78, 5) is 4.89. The zero-order chi connectivity index (χ0) is 17.6. The van der Waals surface area contributed by atoms with Crippen LogP contribution in [0.3, 0.4) is 0 Å². The minimum atomic E-state index is 0.561. The van der Waals surface area contributed by atoms with Crippen molar-refractivity contribution in [2.45, 2.75) is 26.0 Å². The van der Waals surface area contributed by atoms with Gasteiger partial charge in [0.05, 0.1) is 27.4 Å². The van der Waals surface area contributed by atoms with Crippen molar-refractivity contribution in [3.8, 4) is 11.5 Å². The third-order valence-electron chi connectivity index (χ3n) is 4.27. The van der Waals surface area contributed by atoms with Crippen LogP contribution in [0.5, 0.6) is 11.5 Å². The Kier molecular flexibility index (Phi) is 5.95. The van der Waals surface area contributed by atoms with E-state index in [9.17, 15) is 0 Å². The summed E-state index contributed by atoms with van der Waals surface area (Å²) in [5, 5.41) is 0.721. The van der Waals surface area contributed by atoms with E-state index >= 15 is 0 Å². The molecule has 1 aliphatic heterocycles. The molecule has 0 bridgehead atoms. The van der Waals surface area contributed by atoms with Crippen molar-refractivity contribution in [2.75, 3.05) is 20.8 Å². The number of halogens is 1. The molecule has 0 saturated carbocycles. The SMILES string of the molecule is COc1ccc(C/N=C2\CCCOCc3cc(Cl)ccc32)c(OC)c1. The molecule has 0 unspecified atom stereocenters. The average molecular weight is 360 g/mol. The number of rotatable bonds is 4. The highest BCUT2D eigenvalue weighted by Crippen LogP contribution is 2.26. The fourth-order valence-electron chi connectivity index (χ4n) is 2.95. The Morgan fingerprint density at radius 2 is 2.00 bits per heavy atom. The number of ether oxygens (including phenoxy) is 3. The molecule has 0 spiro atoms. The highest BCUT2D eigenvalue weighted by Gasteiger charge is 2.14. The molecule has 132 valence electrons. The number of fused-ring (bicyclic) bond motifs is 1. The molecule has 1 heterocycles. The number of benzene rings is 2. The topological polar surface area (TPSA) is 40.0 Å². The summed E-state index contributed by atoms with van der Waals surface area (Å²) in [6.07, 6.45) is 1.84. The van der Waals surface area contributed by atoms with Gasteiger partial charge in [-0.15, -0.1) is 0 Å². The second-order valence-electron chi connectivity index (χ2n) is 5.90. The Labute approximate surface area is 153 Å². The van der Waals surface area contributed by atoms with Crippen molar-refractivity contribution in [2.24, 2.45) is 4.99 Å². The quantitative estimate of drug-likeness (QED) is 0.797. The Balaban J connectivity index is 1.91. The van der Waals surface area contributed by atoms with Gasteiger partial charge in [-0.2, -0.15) is 0 Å². The summed E-state index contributed by atoms with van der Waals surface area (Å²) in [6.45, 7) is 1.86. The van der Waals surface area contributed by atoms with Crippen LogP contribution in [0.1, 0.15) is 29.5 Å². The fourth-order valence-corrected chi connectivity index (χ4v) is 3.14. The van der Waals surface area contributed by atoms with E-state index in [-0.39, 0.29) is 0 Å². The molecule has 0 aliphatic carbocycles. The lowest BCUT2D eigenvalue weighted by atomic mass is 9.99. The first-order valence-electron chi connectivity index (χ1n) is 8.32. The number of hydrogen-bond donors (Lipinski definition) is 0. The fraction of sp³-hybridized carbons (Fsp3) is 0.350. The van der Waals surface area contributed by atoms with E-state index < -0.39 is 0 Å². The second-order valence-corrected chi connectivity index (χ2v) is 6.33. The van der Waals surface area contributed by atoms with Gasteiger partial charge < -0.3 is 14.2 Å². The van der Waals surface area contributed by atoms with Gasteiger partial charge in [-0.3, -0.25) is 4.99 Å². The van der Waals surface area contributed by atoms with Crippen molar-refractivity contribution in [1.29, 1.82) is 0 Å². The van der Waals surface area contributed by atoms with E-state index in [0.29, 0.717) is 13.2 Å². The predicted molar refractivity (Wildman–Crippen MR) is 100 cm³/mol. The Bertz CT molecular complexity index is 774. The smallest absolute Gasteiger partial charge is 0.127 e. The number of nitrogens with zero attached hydrogens (tertiary/aromatic N) is 1. The van der Waals surface area contributed by atoms with Crippen molar-refractivity contribution in [3.05, 3.63) is 58.1 Å². The van der Waals surface area contributed by atoms with Crippen LogP contribution in [0.2, 0.25) is 5.02 Å². The molecule has 3 rings (SSSR count). The molecular formula is C20H22ClNO3. The van der Waals surface area contributed by atoms with Gasteiger partial charge in [0.15, 0.2) is 0 Å². The third-order valence-corrected chi connectivity index (χ3v) is 4.51. The molecule has 25 heavy (non-hydrogen) atoms. The molecular weight excluding hydrogens is 338 g/mol. The maximum atomic E-state index is 6.14. The molecule has 0 amide bonds. The van der Waals surface area contributed by atoms with Crippen LogP contribution in [-0.2, 0) is 17.9 Å². The molecule has 5 heteroatoms. The highest BCUT2D eigenvalue weighted by molar-refractivity contribution is 6.30. The first-order valence-corrected chi connectivity index (χ1v) is 8.70. The summed E-state index contributed by atoms with van der Waals surface area (Å²) in [5.74, 6) is 1.56. The minimum absolute atomic E-state index is 0.561. The van der Waals surface area contributed by atoms with Gasteiger partial charge in [0.1, 0.15) is 11.5 Å². The lowest BCUT2D eigenvalue weighted by Crippen LogP contribution is -2.12. The standard InChI is InChI=1S/C20H22ClNO3/c1-23-17-7-5-14(20(11-17)24-2)12-22-19-4-3-9-25-13-15-10-16(21)6-8-18(15)19/h5-8,10-11H,3-4,9,12-13H2,1-2H3/b22-19+.